The zero-order chi connectivity index (χ0) is 16.1. The van der Waals surface area contributed by atoms with Gasteiger partial charge in [-0.15, -0.1) is 4.83 Å². The van der Waals surface area contributed by atoms with E-state index >= 15 is 0 Å². The van der Waals surface area contributed by atoms with E-state index in [2.05, 4.69) is 0 Å². The molecule has 0 aromatic heterocycles. The number of halogens is 1. The molecule has 2 N–H and O–H groups in total. The number of hydrogen-bond donors (Lipinski definition) is 2. The molecular formula is C11H15ClN2O5S2. The van der Waals surface area contributed by atoms with Crippen molar-refractivity contribution in [1.29, 1.82) is 0 Å². The van der Waals surface area contributed by atoms with Gasteiger partial charge in [0.25, 0.3) is 5.91 Å². The molecule has 10 heteroatoms. The largest absolute Gasteiger partial charge is 0.277 e. The van der Waals surface area contributed by atoms with Gasteiger partial charge in [0.05, 0.1) is 10.6 Å². The van der Waals surface area contributed by atoms with Crippen LogP contribution in [0.2, 0.25) is 5.02 Å². The Labute approximate surface area is 128 Å². The van der Waals surface area contributed by atoms with Crippen molar-refractivity contribution in [1.82, 2.24) is 10.3 Å². The van der Waals surface area contributed by atoms with Crippen molar-refractivity contribution < 1.29 is 21.6 Å². The van der Waals surface area contributed by atoms with E-state index in [1.54, 1.807) is 6.92 Å². The second-order valence-corrected chi connectivity index (χ2v) is 8.45. The van der Waals surface area contributed by atoms with Gasteiger partial charge in [0.15, 0.2) is 9.84 Å². The summed E-state index contributed by atoms with van der Waals surface area (Å²) in [7, 11) is -7.51. The van der Waals surface area contributed by atoms with Crippen LogP contribution in [0.25, 0.3) is 0 Å². The third-order valence-electron chi connectivity index (χ3n) is 2.31. The SMILES string of the molecule is CCCS(=O)(=O)NNC(=O)CS(=O)(=O)c1ccc(Cl)cc1. The fourth-order valence-corrected chi connectivity index (χ4v) is 3.56. The van der Waals surface area contributed by atoms with Crippen molar-refractivity contribution in [2.24, 2.45) is 0 Å². The first-order valence-electron chi connectivity index (χ1n) is 5.93. The van der Waals surface area contributed by atoms with Crippen LogP contribution in [-0.2, 0) is 24.7 Å². The van der Waals surface area contributed by atoms with Crippen LogP contribution in [0.3, 0.4) is 0 Å². The Morgan fingerprint density at radius 3 is 2.24 bits per heavy atom. The molecule has 0 atom stereocenters. The Hall–Kier alpha value is -1.16. The lowest BCUT2D eigenvalue weighted by molar-refractivity contribution is -0.119. The minimum Gasteiger partial charge on any atom is -0.277 e. The molecule has 1 aromatic rings. The molecule has 7 nitrogen and oxygen atoms in total. The van der Waals surface area contributed by atoms with Crippen LogP contribution in [0.1, 0.15) is 13.3 Å². The Morgan fingerprint density at radius 2 is 1.71 bits per heavy atom. The molecule has 0 spiro atoms. The van der Waals surface area contributed by atoms with E-state index in [4.69, 9.17) is 11.6 Å². The monoisotopic (exact) mass is 354 g/mol. The highest BCUT2D eigenvalue weighted by Crippen LogP contribution is 2.15. The molecule has 21 heavy (non-hydrogen) atoms. The molecule has 1 aromatic carbocycles. The van der Waals surface area contributed by atoms with E-state index in [0.717, 1.165) is 0 Å². The standard InChI is InChI=1S/C11H15ClN2O5S2/c1-2-7-21(18,19)14-13-11(15)8-20(16,17)10-5-3-9(12)4-6-10/h3-6,14H,2,7-8H2,1H3,(H,13,15). The van der Waals surface area contributed by atoms with Gasteiger partial charge in [-0.05, 0) is 30.7 Å². The maximum atomic E-state index is 11.9. The van der Waals surface area contributed by atoms with Gasteiger partial charge >= 0.3 is 0 Å². The normalized spacial score (nSPS) is 12.1. The quantitative estimate of drug-likeness (QED) is 0.692. The molecule has 1 amide bonds. The number of hydrogen-bond acceptors (Lipinski definition) is 5. The van der Waals surface area contributed by atoms with E-state index in [0.29, 0.717) is 11.4 Å². The lowest BCUT2D eigenvalue weighted by atomic mass is 10.4. The smallest absolute Gasteiger partial charge is 0.250 e. The van der Waals surface area contributed by atoms with Crippen molar-refractivity contribution in [3.05, 3.63) is 29.3 Å². The van der Waals surface area contributed by atoms with Crippen LogP contribution in [0.5, 0.6) is 0 Å². The van der Waals surface area contributed by atoms with Crippen LogP contribution in [0.4, 0.5) is 0 Å². The lowest BCUT2D eigenvalue weighted by Crippen LogP contribution is -2.44. The van der Waals surface area contributed by atoms with Gasteiger partial charge in [-0.1, -0.05) is 18.5 Å². The Morgan fingerprint density at radius 1 is 1.14 bits per heavy atom. The van der Waals surface area contributed by atoms with E-state index in [-0.39, 0.29) is 10.6 Å². The number of benzene rings is 1. The number of amides is 1. The van der Waals surface area contributed by atoms with Crippen LogP contribution < -0.4 is 10.3 Å². The topological polar surface area (TPSA) is 109 Å². The molecule has 0 aliphatic rings. The second-order valence-electron chi connectivity index (χ2n) is 4.18. The first kappa shape index (κ1) is 17.9. The summed E-state index contributed by atoms with van der Waals surface area (Å²) in [5, 5.41) is 0.366. The van der Waals surface area contributed by atoms with Gasteiger partial charge < -0.3 is 0 Å². The highest BCUT2D eigenvalue weighted by Gasteiger charge is 2.20. The third-order valence-corrected chi connectivity index (χ3v) is 5.56. The molecular weight excluding hydrogens is 340 g/mol. The van der Waals surface area contributed by atoms with Gasteiger partial charge in [0.2, 0.25) is 10.0 Å². The number of hydrazine groups is 1. The van der Waals surface area contributed by atoms with E-state index in [9.17, 15) is 21.6 Å². The lowest BCUT2D eigenvalue weighted by Gasteiger charge is -2.08. The highest BCUT2D eigenvalue weighted by atomic mass is 35.5. The fraction of sp³-hybridized carbons (Fsp3) is 0.364. The van der Waals surface area contributed by atoms with Gasteiger partial charge in [-0.3, -0.25) is 10.2 Å². The molecule has 0 saturated heterocycles. The van der Waals surface area contributed by atoms with E-state index < -0.39 is 31.5 Å². The Kier molecular flexibility index (Phi) is 6.14. The maximum Gasteiger partial charge on any atom is 0.250 e. The number of rotatable bonds is 7. The summed E-state index contributed by atoms with van der Waals surface area (Å²) in [5.41, 5.74) is 1.86. The third kappa shape index (κ3) is 6.00. The molecule has 0 aliphatic carbocycles. The summed E-state index contributed by atoms with van der Waals surface area (Å²) in [6.45, 7) is 1.66. The van der Waals surface area contributed by atoms with Gasteiger partial charge in [-0.25, -0.2) is 16.8 Å². The van der Waals surface area contributed by atoms with Crippen LogP contribution >= 0.6 is 11.6 Å². The minimum atomic E-state index is -3.86. The molecule has 118 valence electrons. The molecule has 0 heterocycles. The summed E-state index contributed by atoms with van der Waals surface area (Å²) in [4.78, 5) is 13.3. The van der Waals surface area contributed by atoms with Crippen LogP contribution in [0.15, 0.2) is 29.2 Å². The van der Waals surface area contributed by atoms with Crippen LogP contribution in [0, 0.1) is 0 Å². The zero-order valence-electron chi connectivity index (χ0n) is 11.2. The predicted octanol–water partition coefficient (Wildman–Crippen LogP) is 0.474. The summed E-state index contributed by atoms with van der Waals surface area (Å²) in [5.74, 6) is -2.01. The molecule has 0 radical (unpaired) electrons. The second kappa shape index (κ2) is 7.21. The number of sulfone groups is 1. The minimum absolute atomic E-state index is 0.0709. The van der Waals surface area contributed by atoms with Crippen molar-refractivity contribution in [2.75, 3.05) is 11.5 Å². The molecule has 0 aliphatic heterocycles. The van der Waals surface area contributed by atoms with Crippen molar-refractivity contribution >= 4 is 37.4 Å². The fourth-order valence-electron chi connectivity index (χ4n) is 1.39. The summed E-state index contributed by atoms with van der Waals surface area (Å²) >= 11 is 5.65. The number of sulfonamides is 1. The summed E-state index contributed by atoms with van der Waals surface area (Å²) in [6.07, 6.45) is 0.369. The zero-order valence-corrected chi connectivity index (χ0v) is 13.6. The first-order chi connectivity index (χ1) is 9.66. The van der Waals surface area contributed by atoms with E-state index in [1.165, 1.54) is 24.3 Å². The summed E-state index contributed by atoms with van der Waals surface area (Å²) < 4.78 is 46.5. The van der Waals surface area contributed by atoms with Gasteiger partial charge in [-0.2, -0.15) is 0 Å². The van der Waals surface area contributed by atoms with Gasteiger partial charge in [0, 0.05) is 5.02 Å². The molecule has 0 unspecified atom stereocenters. The van der Waals surface area contributed by atoms with Crippen molar-refractivity contribution in [3.8, 4) is 0 Å². The summed E-state index contributed by atoms with van der Waals surface area (Å²) in [6, 6.07) is 5.31. The molecule has 0 bridgehead atoms. The number of nitrogens with one attached hydrogen (secondary N) is 2. The van der Waals surface area contributed by atoms with Crippen molar-refractivity contribution in [3.63, 3.8) is 0 Å². The van der Waals surface area contributed by atoms with E-state index in [1.807, 2.05) is 10.3 Å². The number of carbonyl (C=O) groups is 1. The van der Waals surface area contributed by atoms with Crippen molar-refractivity contribution in [2.45, 2.75) is 18.2 Å². The Balaban J connectivity index is 2.68. The maximum absolute atomic E-state index is 11.9. The average Bonchev–Trinajstić information content (AvgIpc) is 2.36. The first-order valence-corrected chi connectivity index (χ1v) is 9.61. The average molecular weight is 355 g/mol. The molecule has 0 saturated carbocycles. The van der Waals surface area contributed by atoms with Gasteiger partial charge in [0.1, 0.15) is 5.75 Å². The number of carbonyl (C=O) groups excluding carboxylic acids is 1. The predicted molar refractivity (Wildman–Crippen MR) is 78.9 cm³/mol. The Bertz CT molecular complexity index is 699. The molecule has 0 fully saturated rings. The van der Waals surface area contributed by atoms with Crippen LogP contribution in [-0.4, -0.2) is 34.2 Å². The highest BCUT2D eigenvalue weighted by molar-refractivity contribution is 7.92. The molecule has 1 rings (SSSR count).